The van der Waals surface area contributed by atoms with Gasteiger partial charge in [0.25, 0.3) is 0 Å². The fourth-order valence-corrected chi connectivity index (χ4v) is 3.95. The summed E-state index contributed by atoms with van der Waals surface area (Å²) in [6.45, 7) is 0. The molecule has 0 saturated carbocycles. The molecular weight excluding hydrogens is 254 g/mol. The van der Waals surface area contributed by atoms with Gasteiger partial charge in [-0.15, -0.1) is 11.8 Å². The van der Waals surface area contributed by atoms with Gasteiger partial charge in [0.05, 0.1) is 18.0 Å². The molecule has 1 atom stereocenters. The van der Waals surface area contributed by atoms with E-state index in [-0.39, 0.29) is 4.87 Å². The molecule has 0 amide bonds. The van der Waals surface area contributed by atoms with Gasteiger partial charge in [-0.25, -0.2) is 4.98 Å². The quantitative estimate of drug-likeness (QED) is 0.841. The molecule has 1 aliphatic rings. The lowest BCUT2D eigenvalue weighted by Gasteiger charge is -2.38. The van der Waals surface area contributed by atoms with Crippen LogP contribution in [0.5, 0.6) is 0 Å². The zero-order chi connectivity index (χ0) is 13.3. The molecule has 0 fully saturated rings. The summed E-state index contributed by atoms with van der Waals surface area (Å²) in [4.78, 5) is 4.23. The molecule has 3 nitrogen and oxygen atoms in total. The van der Waals surface area contributed by atoms with Crippen molar-refractivity contribution in [3.8, 4) is 6.07 Å². The van der Waals surface area contributed by atoms with E-state index < -0.39 is 0 Å². The van der Waals surface area contributed by atoms with Crippen molar-refractivity contribution < 1.29 is 0 Å². The number of hydrogen-bond donors (Lipinski definition) is 0. The molecule has 2 heterocycles. The molecule has 0 N–H and O–H groups in total. The Morgan fingerprint density at radius 2 is 2.16 bits per heavy atom. The SMILES string of the molecule is CSC1(c2ccc(C#N)cc2)CCCc2cncn21. The molecule has 0 spiro atoms. The van der Waals surface area contributed by atoms with Crippen LogP contribution in [0.15, 0.2) is 36.8 Å². The third-order valence-electron chi connectivity index (χ3n) is 3.86. The summed E-state index contributed by atoms with van der Waals surface area (Å²) < 4.78 is 2.29. The Labute approximate surface area is 117 Å². The summed E-state index contributed by atoms with van der Waals surface area (Å²) in [6.07, 6.45) is 9.42. The lowest BCUT2D eigenvalue weighted by molar-refractivity contribution is 0.414. The van der Waals surface area contributed by atoms with Crippen LogP contribution in [0.25, 0.3) is 0 Å². The standard InChI is InChI=1S/C15H15N3S/c1-19-15(13-6-4-12(9-16)5-7-13)8-2-3-14-10-17-11-18(14)15/h4-7,10-11H,2-3,8H2,1H3. The van der Waals surface area contributed by atoms with Crippen LogP contribution in [-0.4, -0.2) is 15.8 Å². The monoisotopic (exact) mass is 269 g/mol. The first kappa shape index (κ1) is 12.3. The molecule has 2 aromatic rings. The minimum absolute atomic E-state index is 0.0714. The second kappa shape index (κ2) is 4.75. The minimum Gasteiger partial charge on any atom is -0.315 e. The topological polar surface area (TPSA) is 41.6 Å². The van der Waals surface area contributed by atoms with E-state index in [0.717, 1.165) is 12.8 Å². The molecular formula is C15H15N3S. The maximum absolute atomic E-state index is 8.91. The summed E-state index contributed by atoms with van der Waals surface area (Å²) in [5.74, 6) is 0. The maximum atomic E-state index is 8.91. The lowest BCUT2D eigenvalue weighted by atomic mass is 9.95. The smallest absolute Gasteiger partial charge is 0.117 e. The van der Waals surface area contributed by atoms with Crippen LogP contribution >= 0.6 is 11.8 Å². The number of aryl methyl sites for hydroxylation is 1. The van der Waals surface area contributed by atoms with Gasteiger partial charge in [-0.1, -0.05) is 12.1 Å². The normalized spacial score (nSPS) is 21.7. The van der Waals surface area contributed by atoms with Crippen LogP contribution in [-0.2, 0) is 11.3 Å². The zero-order valence-corrected chi connectivity index (χ0v) is 11.7. The van der Waals surface area contributed by atoms with Crippen molar-refractivity contribution in [2.24, 2.45) is 0 Å². The maximum Gasteiger partial charge on any atom is 0.117 e. The highest BCUT2D eigenvalue weighted by atomic mass is 32.2. The number of hydrogen-bond acceptors (Lipinski definition) is 3. The van der Waals surface area contributed by atoms with Crippen molar-refractivity contribution in [2.45, 2.75) is 24.1 Å². The van der Waals surface area contributed by atoms with E-state index in [0.29, 0.717) is 5.56 Å². The van der Waals surface area contributed by atoms with Crippen molar-refractivity contribution in [1.29, 1.82) is 5.26 Å². The van der Waals surface area contributed by atoms with Gasteiger partial charge < -0.3 is 4.57 Å². The van der Waals surface area contributed by atoms with Gasteiger partial charge in [0, 0.05) is 11.9 Å². The van der Waals surface area contributed by atoms with Crippen molar-refractivity contribution >= 4 is 11.8 Å². The number of benzene rings is 1. The third-order valence-corrected chi connectivity index (χ3v) is 5.17. The van der Waals surface area contributed by atoms with Gasteiger partial charge in [0.15, 0.2) is 0 Å². The third kappa shape index (κ3) is 1.85. The van der Waals surface area contributed by atoms with Gasteiger partial charge in [-0.3, -0.25) is 0 Å². The van der Waals surface area contributed by atoms with Crippen molar-refractivity contribution in [2.75, 3.05) is 6.26 Å². The van der Waals surface area contributed by atoms with E-state index in [4.69, 9.17) is 5.26 Å². The van der Waals surface area contributed by atoms with E-state index >= 15 is 0 Å². The van der Waals surface area contributed by atoms with Crippen LogP contribution in [0.4, 0.5) is 0 Å². The Morgan fingerprint density at radius 3 is 2.84 bits per heavy atom. The highest BCUT2D eigenvalue weighted by molar-refractivity contribution is 7.99. The molecule has 4 heteroatoms. The number of thioether (sulfide) groups is 1. The van der Waals surface area contributed by atoms with Crippen LogP contribution in [0.2, 0.25) is 0 Å². The number of fused-ring (bicyclic) bond motifs is 1. The summed E-state index contributed by atoms with van der Waals surface area (Å²) in [5.41, 5.74) is 3.25. The van der Waals surface area contributed by atoms with Crippen LogP contribution in [0.3, 0.4) is 0 Å². The molecule has 1 aromatic carbocycles. The van der Waals surface area contributed by atoms with Crippen LogP contribution < -0.4 is 0 Å². The Morgan fingerprint density at radius 1 is 1.37 bits per heavy atom. The van der Waals surface area contributed by atoms with E-state index in [1.165, 1.54) is 17.7 Å². The van der Waals surface area contributed by atoms with Crippen LogP contribution in [0, 0.1) is 11.3 Å². The summed E-state index contributed by atoms with van der Waals surface area (Å²) in [7, 11) is 0. The average Bonchev–Trinajstić information content (AvgIpc) is 2.96. The van der Waals surface area contributed by atoms with E-state index in [2.05, 4.69) is 34.0 Å². The number of imidazole rings is 1. The van der Waals surface area contributed by atoms with E-state index in [9.17, 15) is 0 Å². The molecule has 19 heavy (non-hydrogen) atoms. The Balaban J connectivity index is 2.12. The first-order valence-electron chi connectivity index (χ1n) is 6.37. The molecule has 96 valence electrons. The molecule has 1 unspecified atom stereocenters. The second-order valence-corrected chi connectivity index (χ2v) is 5.87. The predicted molar refractivity (Wildman–Crippen MR) is 76.9 cm³/mol. The summed E-state index contributed by atoms with van der Waals surface area (Å²) in [5, 5.41) is 8.91. The summed E-state index contributed by atoms with van der Waals surface area (Å²) >= 11 is 1.85. The molecule has 1 aliphatic heterocycles. The highest BCUT2D eigenvalue weighted by Crippen LogP contribution is 2.44. The number of nitriles is 1. The Hall–Kier alpha value is -1.73. The Kier molecular flexibility index (Phi) is 3.08. The molecule has 1 aromatic heterocycles. The molecule has 0 radical (unpaired) electrons. The fraction of sp³-hybridized carbons (Fsp3) is 0.333. The molecule has 0 saturated heterocycles. The number of nitrogens with zero attached hydrogens (tertiary/aromatic N) is 3. The van der Waals surface area contributed by atoms with Crippen molar-refractivity contribution in [1.82, 2.24) is 9.55 Å². The predicted octanol–water partition coefficient (Wildman–Crippen LogP) is 3.16. The van der Waals surface area contributed by atoms with Gasteiger partial charge in [0.2, 0.25) is 0 Å². The van der Waals surface area contributed by atoms with Gasteiger partial charge >= 0.3 is 0 Å². The van der Waals surface area contributed by atoms with Crippen LogP contribution in [0.1, 0.15) is 29.7 Å². The average molecular weight is 269 g/mol. The fourth-order valence-electron chi connectivity index (χ4n) is 2.87. The number of aromatic nitrogens is 2. The minimum atomic E-state index is -0.0714. The van der Waals surface area contributed by atoms with Gasteiger partial charge in [-0.05, 0) is 43.2 Å². The Bertz CT molecular complexity index is 624. The van der Waals surface area contributed by atoms with Crippen molar-refractivity contribution in [3.63, 3.8) is 0 Å². The molecule has 0 aliphatic carbocycles. The zero-order valence-electron chi connectivity index (χ0n) is 10.8. The highest BCUT2D eigenvalue weighted by Gasteiger charge is 2.37. The number of rotatable bonds is 2. The molecule has 0 bridgehead atoms. The van der Waals surface area contributed by atoms with Gasteiger partial charge in [-0.2, -0.15) is 5.26 Å². The van der Waals surface area contributed by atoms with E-state index in [1.807, 2.05) is 36.4 Å². The summed E-state index contributed by atoms with van der Waals surface area (Å²) in [6, 6.07) is 10.1. The largest absolute Gasteiger partial charge is 0.315 e. The van der Waals surface area contributed by atoms with Gasteiger partial charge in [0.1, 0.15) is 4.87 Å². The van der Waals surface area contributed by atoms with Crippen molar-refractivity contribution in [3.05, 3.63) is 53.6 Å². The first-order valence-corrected chi connectivity index (χ1v) is 7.60. The first-order chi connectivity index (χ1) is 9.30. The second-order valence-electron chi connectivity index (χ2n) is 4.79. The van der Waals surface area contributed by atoms with E-state index in [1.54, 1.807) is 0 Å². The molecule has 3 rings (SSSR count). The lowest BCUT2D eigenvalue weighted by Crippen LogP contribution is -2.35.